The molecule has 1 amide bonds. The molecule has 1 N–H and O–H groups in total. The molecule has 2 rings (SSSR count). The van der Waals surface area contributed by atoms with Crippen LogP contribution in [0.15, 0.2) is 24.3 Å². The number of carbonyl (C=O) groups excluding carboxylic acids is 1. The van der Waals surface area contributed by atoms with Gasteiger partial charge >= 0.3 is 0 Å². The largest absolute Gasteiger partial charge is 0.372 e. The van der Waals surface area contributed by atoms with Crippen molar-refractivity contribution in [3.63, 3.8) is 0 Å². The van der Waals surface area contributed by atoms with Gasteiger partial charge in [0.25, 0.3) is 5.91 Å². The van der Waals surface area contributed by atoms with Crippen molar-refractivity contribution in [1.82, 2.24) is 10.2 Å². The fourth-order valence-corrected chi connectivity index (χ4v) is 2.29. The summed E-state index contributed by atoms with van der Waals surface area (Å²) in [5.74, 6) is 0.00909. The molecule has 19 heavy (non-hydrogen) atoms. The van der Waals surface area contributed by atoms with E-state index >= 15 is 0 Å². The Morgan fingerprint density at radius 2 is 1.84 bits per heavy atom. The first-order valence-electron chi connectivity index (χ1n) is 6.95. The molecular weight excluding hydrogens is 238 g/mol. The maximum atomic E-state index is 11.9. The van der Waals surface area contributed by atoms with Crippen LogP contribution in [0.3, 0.4) is 0 Å². The fraction of sp³-hybridized carbons (Fsp3) is 0.533. The van der Waals surface area contributed by atoms with E-state index in [4.69, 9.17) is 0 Å². The minimum Gasteiger partial charge on any atom is -0.372 e. The minimum absolute atomic E-state index is 0.00909. The Morgan fingerprint density at radius 1 is 1.21 bits per heavy atom. The molecule has 104 valence electrons. The molecular formula is C15H23N3O. The summed E-state index contributed by atoms with van der Waals surface area (Å²) in [6, 6.07) is 7.93. The maximum Gasteiger partial charge on any atom is 0.251 e. The number of nitrogens with one attached hydrogen (secondary N) is 1. The number of likely N-dealkylation sites (N-methyl/N-ethyl adjacent to an activating group) is 1. The smallest absolute Gasteiger partial charge is 0.251 e. The third-order valence-corrected chi connectivity index (χ3v) is 3.45. The molecule has 0 saturated carbocycles. The number of anilines is 1. The van der Waals surface area contributed by atoms with Crippen LogP contribution < -0.4 is 10.2 Å². The van der Waals surface area contributed by atoms with Crippen molar-refractivity contribution in [1.29, 1.82) is 0 Å². The third-order valence-electron chi connectivity index (χ3n) is 3.45. The first-order valence-corrected chi connectivity index (χ1v) is 6.95. The van der Waals surface area contributed by atoms with Gasteiger partial charge in [0, 0.05) is 37.4 Å². The monoisotopic (exact) mass is 261 g/mol. The van der Waals surface area contributed by atoms with Crippen LogP contribution in [0.1, 0.15) is 23.2 Å². The first kappa shape index (κ1) is 13.9. The second kappa shape index (κ2) is 6.57. The number of benzene rings is 1. The van der Waals surface area contributed by atoms with Gasteiger partial charge in [-0.25, -0.2) is 0 Å². The SMILES string of the molecule is CN(C)CCNC(=O)c1ccc(N2CCCC2)cc1. The predicted molar refractivity (Wildman–Crippen MR) is 78.8 cm³/mol. The first-order chi connectivity index (χ1) is 9.16. The molecule has 0 unspecified atom stereocenters. The lowest BCUT2D eigenvalue weighted by Gasteiger charge is -2.17. The molecule has 0 radical (unpaired) electrons. The molecule has 0 bridgehead atoms. The zero-order chi connectivity index (χ0) is 13.7. The highest BCUT2D eigenvalue weighted by Crippen LogP contribution is 2.20. The molecule has 1 aromatic carbocycles. The molecule has 1 heterocycles. The molecule has 4 heteroatoms. The Kier molecular flexibility index (Phi) is 4.80. The van der Waals surface area contributed by atoms with Gasteiger partial charge in [0.1, 0.15) is 0 Å². The summed E-state index contributed by atoms with van der Waals surface area (Å²) in [4.78, 5) is 16.3. The van der Waals surface area contributed by atoms with Crippen molar-refractivity contribution in [2.45, 2.75) is 12.8 Å². The number of rotatable bonds is 5. The lowest BCUT2D eigenvalue weighted by Crippen LogP contribution is -2.31. The van der Waals surface area contributed by atoms with Gasteiger partial charge in [-0.2, -0.15) is 0 Å². The van der Waals surface area contributed by atoms with Gasteiger partial charge in [0.15, 0.2) is 0 Å². The highest BCUT2D eigenvalue weighted by molar-refractivity contribution is 5.94. The van der Waals surface area contributed by atoms with Gasteiger partial charge < -0.3 is 15.1 Å². The van der Waals surface area contributed by atoms with Crippen LogP contribution >= 0.6 is 0 Å². The normalized spacial score (nSPS) is 15.0. The zero-order valence-electron chi connectivity index (χ0n) is 11.9. The van der Waals surface area contributed by atoms with Gasteiger partial charge in [-0.1, -0.05) is 0 Å². The van der Waals surface area contributed by atoms with Crippen LogP contribution in [-0.4, -0.2) is 51.1 Å². The Labute approximate surface area is 115 Å². The van der Waals surface area contributed by atoms with Crippen molar-refractivity contribution in [2.75, 3.05) is 45.2 Å². The summed E-state index contributed by atoms with van der Waals surface area (Å²) in [7, 11) is 3.99. The predicted octanol–water partition coefficient (Wildman–Crippen LogP) is 1.58. The van der Waals surface area contributed by atoms with Gasteiger partial charge in [0.2, 0.25) is 0 Å². The molecule has 4 nitrogen and oxygen atoms in total. The lowest BCUT2D eigenvalue weighted by atomic mass is 10.2. The number of carbonyl (C=O) groups is 1. The van der Waals surface area contributed by atoms with Gasteiger partial charge in [0.05, 0.1) is 0 Å². The Balaban J connectivity index is 1.88. The summed E-state index contributed by atoms with van der Waals surface area (Å²) < 4.78 is 0. The molecule has 0 aromatic heterocycles. The van der Waals surface area contributed by atoms with Crippen molar-refractivity contribution >= 4 is 11.6 Å². The van der Waals surface area contributed by atoms with Crippen molar-refractivity contribution < 1.29 is 4.79 Å². The average Bonchev–Trinajstić information content (AvgIpc) is 2.92. The van der Waals surface area contributed by atoms with Gasteiger partial charge in [-0.05, 0) is 51.2 Å². The molecule has 1 aromatic rings. The molecule has 1 aliphatic heterocycles. The van der Waals surface area contributed by atoms with Gasteiger partial charge in [-0.15, -0.1) is 0 Å². The van der Waals surface area contributed by atoms with E-state index in [0.29, 0.717) is 6.54 Å². The fourth-order valence-electron chi connectivity index (χ4n) is 2.29. The van der Waals surface area contributed by atoms with E-state index < -0.39 is 0 Å². The number of hydrogen-bond donors (Lipinski definition) is 1. The molecule has 1 saturated heterocycles. The standard InChI is InChI=1S/C15H23N3O/c1-17(2)12-9-16-15(19)13-5-7-14(8-6-13)18-10-3-4-11-18/h5-8H,3-4,9-12H2,1-2H3,(H,16,19). The molecule has 0 spiro atoms. The van der Waals surface area contributed by atoms with E-state index in [9.17, 15) is 4.79 Å². The van der Waals surface area contributed by atoms with Crippen LogP contribution in [-0.2, 0) is 0 Å². The summed E-state index contributed by atoms with van der Waals surface area (Å²) >= 11 is 0. The summed E-state index contributed by atoms with van der Waals surface area (Å²) in [6.07, 6.45) is 2.54. The Hall–Kier alpha value is -1.55. The van der Waals surface area contributed by atoms with E-state index in [1.807, 2.05) is 38.4 Å². The van der Waals surface area contributed by atoms with E-state index in [2.05, 4.69) is 15.1 Å². The topological polar surface area (TPSA) is 35.6 Å². The summed E-state index contributed by atoms with van der Waals surface area (Å²) in [5.41, 5.74) is 1.96. The van der Waals surface area contributed by atoms with E-state index in [0.717, 1.165) is 25.2 Å². The summed E-state index contributed by atoms with van der Waals surface area (Å²) in [6.45, 7) is 3.81. The van der Waals surface area contributed by atoms with E-state index in [1.165, 1.54) is 18.5 Å². The zero-order valence-corrected chi connectivity index (χ0v) is 11.9. The second-order valence-electron chi connectivity index (χ2n) is 5.30. The highest BCUT2D eigenvalue weighted by Gasteiger charge is 2.12. The van der Waals surface area contributed by atoms with Crippen LogP contribution in [0.2, 0.25) is 0 Å². The van der Waals surface area contributed by atoms with Crippen molar-refractivity contribution in [3.05, 3.63) is 29.8 Å². The Morgan fingerprint density at radius 3 is 2.42 bits per heavy atom. The number of hydrogen-bond acceptors (Lipinski definition) is 3. The van der Waals surface area contributed by atoms with Crippen molar-refractivity contribution in [2.24, 2.45) is 0 Å². The minimum atomic E-state index is 0.00909. The van der Waals surface area contributed by atoms with Crippen LogP contribution in [0.25, 0.3) is 0 Å². The highest BCUT2D eigenvalue weighted by atomic mass is 16.1. The molecule has 0 atom stereocenters. The van der Waals surface area contributed by atoms with E-state index in [-0.39, 0.29) is 5.91 Å². The molecule has 1 fully saturated rings. The molecule has 1 aliphatic rings. The van der Waals surface area contributed by atoms with Crippen LogP contribution in [0.4, 0.5) is 5.69 Å². The van der Waals surface area contributed by atoms with Crippen molar-refractivity contribution in [3.8, 4) is 0 Å². The lowest BCUT2D eigenvalue weighted by molar-refractivity contribution is 0.0951. The molecule has 0 aliphatic carbocycles. The quantitative estimate of drug-likeness (QED) is 0.874. The van der Waals surface area contributed by atoms with Crippen LogP contribution in [0.5, 0.6) is 0 Å². The van der Waals surface area contributed by atoms with Gasteiger partial charge in [-0.3, -0.25) is 4.79 Å². The third kappa shape index (κ3) is 3.96. The maximum absolute atomic E-state index is 11.9. The number of nitrogens with zero attached hydrogens (tertiary/aromatic N) is 2. The average molecular weight is 261 g/mol. The summed E-state index contributed by atoms with van der Waals surface area (Å²) in [5, 5.41) is 2.93. The number of amides is 1. The Bertz CT molecular complexity index is 408. The van der Waals surface area contributed by atoms with Crippen LogP contribution in [0, 0.1) is 0 Å². The van der Waals surface area contributed by atoms with E-state index in [1.54, 1.807) is 0 Å². The second-order valence-corrected chi connectivity index (χ2v) is 5.30.